The summed E-state index contributed by atoms with van der Waals surface area (Å²) in [5.41, 5.74) is -13.4. The second-order valence-corrected chi connectivity index (χ2v) is 15.1. The van der Waals surface area contributed by atoms with Gasteiger partial charge in [-0.05, 0) is 6.42 Å². The third-order valence-corrected chi connectivity index (χ3v) is 10.9. The zero-order valence-corrected chi connectivity index (χ0v) is 35.5. The Morgan fingerprint density at radius 2 is 0.789 bits per heavy atom. The van der Waals surface area contributed by atoms with E-state index in [4.69, 9.17) is 4.74 Å². The number of carbonyl (C=O) groups is 2. The second kappa shape index (κ2) is 22.4. The average molecular weight is 1030 g/mol. The number of benzene rings is 5. The van der Waals surface area contributed by atoms with Crippen LogP contribution in [0.5, 0.6) is 0 Å². The van der Waals surface area contributed by atoms with Crippen molar-refractivity contribution in [2.75, 3.05) is 6.61 Å². The smallest absolute Gasteiger partial charge is 0.405 e. The van der Waals surface area contributed by atoms with Crippen molar-refractivity contribution >= 4 is 39.7 Å². The fraction of sp³-hybridized carbons (Fsp3) is 0.200. The van der Waals surface area contributed by atoms with Crippen molar-refractivity contribution in [3.63, 3.8) is 0 Å². The minimum Gasteiger partial charge on any atom is -0.458 e. The Bertz CT molecular complexity index is 2650. The van der Waals surface area contributed by atoms with Crippen LogP contribution in [0.15, 0.2) is 48.9 Å². The van der Waals surface area contributed by atoms with E-state index in [1.54, 1.807) is 29.1 Å². The van der Waals surface area contributed by atoms with Crippen LogP contribution in [0.3, 0.4) is 0 Å². The predicted octanol–water partition coefficient (Wildman–Crippen LogP) is 9.62. The van der Waals surface area contributed by atoms with E-state index in [1.165, 1.54) is 31.9 Å². The monoisotopic (exact) mass is 1030 g/mol. The van der Waals surface area contributed by atoms with Crippen molar-refractivity contribution in [2.45, 2.75) is 52.0 Å². The number of hydrogen-bond donors (Lipinski definition) is 0. The zero-order chi connectivity index (χ0) is 53.0. The van der Waals surface area contributed by atoms with Gasteiger partial charge >= 0.3 is 11.7 Å². The minimum absolute atomic E-state index is 0.0632. The average Bonchev–Trinajstić information content (AvgIpc) is 3.36. The van der Waals surface area contributed by atoms with Crippen LogP contribution in [0.4, 0.5) is 87.8 Å². The summed E-state index contributed by atoms with van der Waals surface area (Å²) in [6.07, 6.45) is 4.21. The van der Waals surface area contributed by atoms with Gasteiger partial charge in [0.05, 0.1) is 12.8 Å². The first-order valence-corrected chi connectivity index (χ1v) is 20.2. The van der Waals surface area contributed by atoms with Gasteiger partial charge in [0.15, 0.2) is 76.0 Å². The van der Waals surface area contributed by atoms with E-state index in [1.807, 2.05) is 18.2 Å². The lowest BCUT2D eigenvalue weighted by molar-refractivity contribution is -0.686. The van der Waals surface area contributed by atoms with Crippen molar-refractivity contribution < 1.29 is 107 Å². The number of ether oxygens (including phenoxy) is 1. The Balaban J connectivity index is 0.000000306. The molecule has 0 saturated carbocycles. The molecule has 5 nitrogen and oxygen atoms in total. The molecule has 0 amide bonds. The highest BCUT2D eigenvalue weighted by Gasteiger charge is 2.52. The van der Waals surface area contributed by atoms with Gasteiger partial charge in [0, 0.05) is 5.56 Å². The minimum atomic E-state index is -7.22. The maximum Gasteiger partial charge on any atom is 0.405 e. The van der Waals surface area contributed by atoms with Gasteiger partial charge in [-0.1, -0.05) is 69.4 Å². The Labute approximate surface area is 386 Å². The maximum atomic E-state index is 15.4. The lowest BCUT2D eigenvalue weighted by Crippen LogP contribution is -2.81. The number of esters is 1. The van der Waals surface area contributed by atoms with Crippen LogP contribution in [0.25, 0.3) is 0 Å². The molecule has 71 heavy (non-hydrogen) atoms. The van der Waals surface area contributed by atoms with E-state index < -0.39 is 150 Å². The molecule has 0 bridgehead atoms. The summed E-state index contributed by atoms with van der Waals surface area (Å²) in [7, 11) is 0. The molecule has 0 fully saturated rings. The number of Topliss-reactive ketones (excluding diaryl/α,β-unsaturated/α-hetero) is 1. The molecule has 1 heterocycles. The maximum absolute atomic E-state index is 15.4. The number of hydrogen-bond acceptors (Lipinski definition) is 4. The van der Waals surface area contributed by atoms with Crippen molar-refractivity contribution in [2.24, 2.45) is 0 Å². The summed E-state index contributed by atoms with van der Waals surface area (Å²) < 4.78 is 301. The summed E-state index contributed by atoms with van der Waals surface area (Å²) in [6.45, 7) is 2.66. The standard InChI is InChI=1S/C24BF20.C21H27N2O3/c26-5-1(6(27)14(35)21(42)13(5)34)25(2-7(28)15(36)22(43)16(37)8(2)29,3-9(30)17(38)23(44)18(39)10(3)31)4-11(32)19(40)24(45)20(41)12(4)33;1-2-3-4-5-6-10-15-26-21(25)19-16-22-13-14-23(19)17-20(24)18-11-8-7-9-12-18/h;7-9,11-14,16H,2-6,10,15,17H2,1H3/q-1;+1. The van der Waals surface area contributed by atoms with Gasteiger partial charge in [-0.2, -0.15) is 4.57 Å². The lowest BCUT2D eigenvalue weighted by Gasteiger charge is -2.44. The molecule has 6 rings (SSSR count). The van der Waals surface area contributed by atoms with E-state index in [0.717, 1.165) is 12.8 Å². The molecule has 5 aromatic carbocycles. The summed E-state index contributed by atoms with van der Waals surface area (Å²) in [6, 6.07) is 9.03. The van der Waals surface area contributed by atoms with E-state index in [-0.39, 0.29) is 12.3 Å². The van der Waals surface area contributed by atoms with Crippen LogP contribution in [-0.4, -0.2) is 29.5 Å². The topological polar surface area (TPSA) is 60.1 Å². The summed E-state index contributed by atoms with van der Waals surface area (Å²) in [5.74, 6) is -71.9. The third kappa shape index (κ3) is 10.0. The van der Waals surface area contributed by atoms with Crippen LogP contribution in [0.1, 0.15) is 66.3 Å². The van der Waals surface area contributed by atoms with Crippen molar-refractivity contribution in [3.05, 3.63) is 177 Å². The molecule has 0 aliphatic carbocycles. The van der Waals surface area contributed by atoms with Gasteiger partial charge in [0.25, 0.3) is 0 Å². The molecule has 0 saturated heterocycles. The summed E-state index contributed by atoms with van der Waals surface area (Å²) in [5, 5.41) is 0. The molecular formula is C45H27BF20N2O3. The Hall–Kier alpha value is -7.02. The molecule has 0 aliphatic heterocycles. The first-order chi connectivity index (χ1) is 33.4. The van der Waals surface area contributed by atoms with Gasteiger partial charge in [0.2, 0.25) is 12.3 Å². The van der Waals surface area contributed by atoms with E-state index in [2.05, 4.69) is 11.9 Å². The molecular weight excluding hydrogens is 1010 g/mol. The quantitative estimate of drug-likeness (QED) is 0.0150. The zero-order valence-electron chi connectivity index (χ0n) is 35.5. The molecule has 378 valence electrons. The van der Waals surface area contributed by atoms with Gasteiger partial charge in [-0.3, -0.25) is 9.78 Å². The van der Waals surface area contributed by atoms with Crippen molar-refractivity contribution in [1.82, 2.24) is 4.98 Å². The largest absolute Gasteiger partial charge is 0.458 e. The van der Waals surface area contributed by atoms with Crippen LogP contribution < -0.4 is 26.4 Å². The summed E-state index contributed by atoms with van der Waals surface area (Å²) >= 11 is 0. The van der Waals surface area contributed by atoms with E-state index in [9.17, 15) is 62.3 Å². The number of nitrogens with zero attached hydrogens (tertiary/aromatic N) is 2. The van der Waals surface area contributed by atoms with Crippen LogP contribution in [0, 0.1) is 116 Å². The van der Waals surface area contributed by atoms with Crippen LogP contribution in [0.2, 0.25) is 0 Å². The van der Waals surface area contributed by atoms with Crippen LogP contribution >= 0.6 is 0 Å². The van der Waals surface area contributed by atoms with E-state index in [0.29, 0.717) is 17.9 Å². The number of rotatable bonds is 15. The molecule has 0 unspecified atom stereocenters. The first kappa shape index (κ1) is 54.9. The van der Waals surface area contributed by atoms with Crippen molar-refractivity contribution in [1.29, 1.82) is 0 Å². The summed E-state index contributed by atoms with van der Waals surface area (Å²) in [4.78, 5) is 28.7. The molecule has 0 spiro atoms. The number of halogens is 20. The molecule has 26 heteroatoms. The Kier molecular flexibility index (Phi) is 17.3. The van der Waals surface area contributed by atoms with Crippen LogP contribution in [-0.2, 0) is 11.3 Å². The third-order valence-electron chi connectivity index (χ3n) is 10.9. The van der Waals surface area contributed by atoms with Crippen molar-refractivity contribution in [3.8, 4) is 0 Å². The molecule has 0 N–H and O–H groups in total. The highest BCUT2D eigenvalue weighted by atomic mass is 19.2. The van der Waals surface area contributed by atoms with Gasteiger partial charge in [0.1, 0.15) is 58.9 Å². The Morgan fingerprint density at radius 1 is 0.465 bits per heavy atom. The lowest BCUT2D eigenvalue weighted by atomic mass is 9.12. The first-order valence-electron chi connectivity index (χ1n) is 20.2. The second-order valence-electron chi connectivity index (χ2n) is 15.1. The SMILES string of the molecule is CCCCCCCCOC(=O)c1cncc[n+]1CC(=O)c1ccccc1.Fc1c(F)c(F)c([B-](c2c(F)c(F)c(F)c(F)c2F)(c2c(F)c(F)c(F)c(F)c2F)c2c(F)c(F)c(F)c(F)c2F)c(F)c1F. The fourth-order valence-electron chi connectivity index (χ4n) is 7.56. The Morgan fingerprint density at radius 3 is 1.14 bits per heavy atom. The highest BCUT2D eigenvalue weighted by Crippen LogP contribution is 2.31. The van der Waals surface area contributed by atoms with Gasteiger partial charge in [-0.15, -0.1) is 21.9 Å². The molecule has 0 radical (unpaired) electrons. The highest BCUT2D eigenvalue weighted by molar-refractivity contribution is 7.20. The molecule has 1 aromatic heterocycles. The number of carbonyl (C=O) groups excluding carboxylic acids is 2. The molecule has 0 aliphatic rings. The van der Waals surface area contributed by atoms with E-state index >= 15 is 35.1 Å². The number of aromatic nitrogens is 2. The van der Waals surface area contributed by atoms with Gasteiger partial charge in [-0.25, -0.2) is 92.6 Å². The molecule has 6 aromatic rings. The molecule has 0 atom stereocenters. The van der Waals surface area contributed by atoms with Gasteiger partial charge < -0.3 is 4.74 Å². The number of ketones is 1. The fourth-order valence-corrected chi connectivity index (χ4v) is 7.56. The normalized spacial score (nSPS) is 11.5. The predicted molar refractivity (Wildman–Crippen MR) is 208 cm³/mol. The number of unbranched alkanes of at least 4 members (excludes halogenated alkanes) is 5.